The number of aromatic nitrogens is 3. The molecule has 6 heteroatoms. The first-order valence-electron chi connectivity index (χ1n) is 7.87. The predicted molar refractivity (Wildman–Crippen MR) is 85.8 cm³/mol. The van der Waals surface area contributed by atoms with Crippen LogP contribution < -0.4 is 0 Å². The van der Waals surface area contributed by atoms with Crippen molar-refractivity contribution in [1.82, 2.24) is 20.1 Å². The summed E-state index contributed by atoms with van der Waals surface area (Å²) in [7, 11) is 0. The van der Waals surface area contributed by atoms with Crippen molar-refractivity contribution in [1.29, 1.82) is 0 Å². The van der Waals surface area contributed by atoms with Crippen molar-refractivity contribution < 1.29 is 9.15 Å². The molecule has 0 radical (unpaired) electrons. The molecule has 4 rings (SSSR count). The molecule has 0 spiro atoms. The highest BCUT2D eigenvalue weighted by molar-refractivity contribution is 5.80. The number of likely N-dealkylation sites (N-methyl/N-ethyl adjacent to an activating group) is 1. The van der Waals surface area contributed by atoms with Gasteiger partial charge >= 0.3 is 0 Å². The van der Waals surface area contributed by atoms with Crippen LogP contribution >= 0.6 is 0 Å². The van der Waals surface area contributed by atoms with Gasteiger partial charge in [0.05, 0.1) is 12.1 Å². The Morgan fingerprint density at radius 3 is 3.00 bits per heavy atom. The highest BCUT2D eigenvalue weighted by Gasteiger charge is 2.26. The minimum atomic E-state index is -0.162. The Balaban J connectivity index is 1.61. The number of hydrogen-bond acceptors (Lipinski definition) is 6. The zero-order chi connectivity index (χ0) is 15.6. The molecule has 1 aromatic carbocycles. The van der Waals surface area contributed by atoms with Gasteiger partial charge in [-0.3, -0.25) is 4.90 Å². The van der Waals surface area contributed by atoms with Gasteiger partial charge in [-0.25, -0.2) is 4.98 Å². The van der Waals surface area contributed by atoms with Gasteiger partial charge in [-0.15, -0.1) is 10.2 Å². The maximum absolute atomic E-state index is 5.81. The third-order valence-electron chi connectivity index (χ3n) is 4.13. The van der Waals surface area contributed by atoms with Crippen LogP contribution in [0.5, 0.6) is 0 Å². The van der Waals surface area contributed by atoms with E-state index < -0.39 is 0 Å². The van der Waals surface area contributed by atoms with E-state index in [9.17, 15) is 0 Å². The van der Waals surface area contributed by atoms with Gasteiger partial charge in [0.15, 0.2) is 0 Å². The lowest BCUT2D eigenvalue weighted by Gasteiger charge is -2.29. The first-order chi connectivity index (χ1) is 11.3. The number of fused-ring (bicyclic) bond motifs is 1. The Labute approximate surface area is 134 Å². The van der Waals surface area contributed by atoms with Crippen LogP contribution in [0, 0.1) is 0 Å². The quantitative estimate of drug-likeness (QED) is 0.741. The fraction of sp³-hybridized carbons (Fsp3) is 0.353. The summed E-state index contributed by atoms with van der Waals surface area (Å²) in [5.41, 5.74) is 1.60. The summed E-state index contributed by atoms with van der Waals surface area (Å²) in [6.07, 6.45) is -0.162. The lowest BCUT2D eigenvalue weighted by molar-refractivity contribution is -0.0408. The molecule has 0 aliphatic carbocycles. The van der Waals surface area contributed by atoms with Crippen molar-refractivity contribution in [3.05, 3.63) is 42.3 Å². The largest absolute Gasteiger partial charge is 0.416 e. The fourth-order valence-corrected chi connectivity index (χ4v) is 2.79. The second-order valence-electron chi connectivity index (χ2n) is 5.59. The lowest BCUT2D eigenvalue weighted by Crippen LogP contribution is -2.38. The van der Waals surface area contributed by atoms with E-state index >= 15 is 0 Å². The third kappa shape index (κ3) is 2.83. The minimum absolute atomic E-state index is 0.162. The third-order valence-corrected chi connectivity index (χ3v) is 4.13. The predicted octanol–water partition coefficient (Wildman–Crippen LogP) is 2.68. The Kier molecular flexibility index (Phi) is 3.77. The van der Waals surface area contributed by atoms with E-state index in [-0.39, 0.29) is 6.10 Å². The second kappa shape index (κ2) is 6.06. The van der Waals surface area contributed by atoms with Gasteiger partial charge in [0.2, 0.25) is 5.89 Å². The number of benzene rings is 1. The van der Waals surface area contributed by atoms with Crippen molar-refractivity contribution >= 4 is 10.9 Å². The van der Waals surface area contributed by atoms with E-state index in [1.807, 2.05) is 36.4 Å². The Morgan fingerprint density at radius 1 is 1.17 bits per heavy atom. The van der Waals surface area contributed by atoms with Gasteiger partial charge < -0.3 is 9.15 Å². The average molecular weight is 310 g/mol. The standard InChI is InChI=1S/C17H18N4O2/c1-2-21-9-10-22-15(11-21)17-20-19-16(23-17)14-8-7-12-5-3-4-6-13(12)18-14/h3-8,15H,2,9-11H2,1H3. The van der Waals surface area contributed by atoms with Crippen LogP contribution in [0.3, 0.4) is 0 Å². The molecule has 3 aromatic rings. The Bertz CT molecular complexity index is 817. The minimum Gasteiger partial charge on any atom is -0.416 e. The zero-order valence-electron chi connectivity index (χ0n) is 13.0. The molecule has 1 aliphatic rings. The van der Waals surface area contributed by atoms with Crippen LogP contribution in [0.2, 0.25) is 0 Å². The molecule has 1 fully saturated rings. The first kappa shape index (κ1) is 14.3. The highest BCUT2D eigenvalue weighted by atomic mass is 16.5. The van der Waals surface area contributed by atoms with Crippen molar-refractivity contribution in [2.24, 2.45) is 0 Å². The lowest BCUT2D eigenvalue weighted by atomic mass is 10.2. The monoisotopic (exact) mass is 310 g/mol. The number of nitrogens with zero attached hydrogens (tertiary/aromatic N) is 4. The van der Waals surface area contributed by atoms with E-state index in [4.69, 9.17) is 9.15 Å². The number of morpholine rings is 1. The number of pyridine rings is 1. The number of rotatable bonds is 3. The van der Waals surface area contributed by atoms with Crippen LogP contribution in [-0.4, -0.2) is 46.3 Å². The average Bonchev–Trinajstić information content (AvgIpc) is 3.11. The molecule has 1 aliphatic heterocycles. The van der Waals surface area contributed by atoms with Gasteiger partial charge in [-0.05, 0) is 18.7 Å². The zero-order valence-corrected chi connectivity index (χ0v) is 13.0. The van der Waals surface area contributed by atoms with Crippen molar-refractivity contribution in [2.45, 2.75) is 13.0 Å². The van der Waals surface area contributed by atoms with Gasteiger partial charge in [-0.1, -0.05) is 31.2 Å². The first-order valence-corrected chi connectivity index (χ1v) is 7.87. The second-order valence-corrected chi connectivity index (χ2v) is 5.59. The van der Waals surface area contributed by atoms with Crippen LogP contribution in [-0.2, 0) is 4.74 Å². The summed E-state index contributed by atoms with van der Waals surface area (Å²) in [6, 6.07) is 11.9. The Hall–Kier alpha value is -2.31. The molecule has 6 nitrogen and oxygen atoms in total. The molecule has 118 valence electrons. The van der Waals surface area contributed by atoms with Crippen LogP contribution in [0.25, 0.3) is 22.5 Å². The van der Waals surface area contributed by atoms with Crippen LogP contribution in [0.15, 0.2) is 40.8 Å². The summed E-state index contributed by atoms with van der Waals surface area (Å²) < 4.78 is 11.6. The molecule has 1 saturated heterocycles. The van der Waals surface area contributed by atoms with Crippen LogP contribution in [0.4, 0.5) is 0 Å². The fourth-order valence-electron chi connectivity index (χ4n) is 2.79. The van der Waals surface area contributed by atoms with E-state index in [1.54, 1.807) is 0 Å². The van der Waals surface area contributed by atoms with E-state index in [2.05, 4.69) is 27.0 Å². The van der Waals surface area contributed by atoms with Crippen molar-refractivity contribution in [3.63, 3.8) is 0 Å². The molecular weight excluding hydrogens is 292 g/mol. The van der Waals surface area contributed by atoms with Crippen molar-refractivity contribution in [2.75, 3.05) is 26.2 Å². The summed E-state index contributed by atoms with van der Waals surface area (Å²) in [5, 5.41) is 9.39. The van der Waals surface area contributed by atoms with Gasteiger partial charge in [-0.2, -0.15) is 0 Å². The summed E-state index contributed by atoms with van der Waals surface area (Å²) >= 11 is 0. The molecule has 1 atom stereocenters. The SMILES string of the molecule is CCN1CCOC(c2nnc(-c3ccc4ccccc4n3)o2)C1. The molecule has 3 heterocycles. The number of ether oxygens (including phenoxy) is 1. The van der Waals surface area contributed by atoms with E-state index in [0.29, 0.717) is 24.1 Å². The van der Waals surface area contributed by atoms with Crippen molar-refractivity contribution in [3.8, 4) is 11.6 Å². The topological polar surface area (TPSA) is 64.3 Å². The normalized spacial score (nSPS) is 19.3. The molecule has 0 bridgehead atoms. The van der Waals surface area contributed by atoms with Gasteiger partial charge in [0.1, 0.15) is 11.8 Å². The molecule has 0 saturated carbocycles. The Morgan fingerprint density at radius 2 is 2.09 bits per heavy atom. The molecule has 0 N–H and O–H groups in total. The maximum Gasteiger partial charge on any atom is 0.266 e. The number of hydrogen-bond donors (Lipinski definition) is 0. The summed E-state index contributed by atoms with van der Waals surface area (Å²) in [4.78, 5) is 6.90. The summed E-state index contributed by atoms with van der Waals surface area (Å²) in [6.45, 7) is 5.54. The molecule has 1 unspecified atom stereocenters. The highest BCUT2D eigenvalue weighted by Crippen LogP contribution is 2.25. The summed E-state index contributed by atoms with van der Waals surface area (Å²) in [5.74, 6) is 0.955. The van der Waals surface area contributed by atoms with E-state index in [1.165, 1.54) is 0 Å². The van der Waals surface area contributed by atoms with Gasteiger partial charge in [0, 0.05) is 18.5 Å². The smallest absolute Gasteiger partial charge is 0.266 e. The molecular formula is C17H18N4O2. The van der Waals surface area contributed by atoms with Gasteiger partial charge in [0.25, 0.3) is 5.89 Å². The maximum atomic E-state index is 5.81. The van der Waals surface area contributed by atoms with Crippen LogP contribution in [0.1, 0.15) is 18.9 Å². The molecule has 2 aromatic heterocycles. The molecule has 0 amide bonds. The van der Waals surface area contributed by atoms with E-state index in [0.717, 1.165) is 30.5 Å². The molecule has 23 heavy (non-hydrogen) atoms. The number of para-hydroxylation sites is 1.